The van der Waals surface area contributed by atoms with Gasteiger partial charge in [-0.1, -0.05) is 35.9 Å². The van der Waals surface area contributed by atoms with Crippen LogP contribution in [0.2, 0.25) is 0 Å². The van der Waals surface area contributed by atoms with Gasteiger partial charge in [-0.25, -0.2) is 13.1 Å². The summed E-state index contributed by atoms with van der Waals surface area (Å²) in [5.74, 6) is 0.320. The lowest BCUT2D eigenvalue weighted by atomic mass is 10.2. The second kappa shape index (κ2) is 6.23. The van der Waals surface area contributed by atoms with E-state index < -0.39 is 10.0 Å². The van der Waals surface area contributed by atoms with Gasteiger partial charge >= 0.3 is 0 Å². The van der Waals surface area contributed by atoms with Gasteiger partial charge in [-0.15, -0.1) is 11.8 Å². The summed E-state index contributed by atoms with van der Waals surface area (Å²) in [6.07, 6.45) is 0. The Hall–Kier alpha value is -1.30. The van der Waals surface area contributed by atoms with E-state index in [0.717, 1.165) is 10.5 Å². The first-order chi connectivity index (χ1) is 9.08. The van der Waals surface area contributed by atoms with Crippen LogP contribution >= 0.6 is 11.8 Å². The number of thioether (sulfide) groups is 1. The van der Waals surface area contributed by atoms with Crippen LogP contribution in [0.5, 0.6) is 0 Å². The van der Waals surface area contributed by atoms with Crippen molar-refractivity contribution in [3.8, 4) is 0 Å². The molecule has 2 rings (SSSR count). The van der Waals surface area contributed by atoms with E-state index in [1.165, 1.54) is 11.8 Å². The van der Waals surface area contributed by atoms with E-state index >= 15 is 0 Å². The average molecular weight is 293 g/mol. The molecule has 0 amide bonds. The van der Waals surface area contributed by atoms with Gasteiger partial charge in [-0.05, 0) is 31.2 Å². The second-order valence-corrected chi connectivity index (χ2v) is 6.88. The molecule has 0 saturated heterocycles. The molecule has 0 aliphatic carbocycles. The molecule has 2 aromatic carbocycles. The Morgan fingerprint density at radius 3 is 2.26 bits per heavy atom. The highest BCUT2D eigenvalue weighted by Gasteiger charge is 2.12. The fourth-order valence-electron chi connectivity index (χ4n) is 1.51. The van der Waals surface area contributed by atoms with Gasteiger partial charge in [-0.3, -0.25) is 0 Å². The third-order valence-electron chi connectivity index (χ3n) is 2.56. The van der Waals surface area contributed by atoms with Crippen LogP contribution in [0.25, 0.3) is 0 Å². The van der Waals surface area contributed by atoms with Crippen molar-refractivity contribution in [2.75, 3.05) is 5.88 Å². The minimum atomic E-state index is -3.42. The van der Waals surface area contributed by atoms with Crippen molar-refractivity contribution in [3.05, 3.63) is 60.2 Å². The van der Waals surface area contributed by atoms with Crippen LogP contribution < -0.4 is 4.72 Å². The van der Waals surface area contributed by atoms with Crippen LogP contribution in [0.1, 0.15) is 5.56 Å². The number of rotatable bonds is 5. The summed E-state index contributed by atoms with van der Waals surface area (Å²) in [7, 11) is -3.42. The first-order valence-corrected chi connectivity index (χ1v) is 8.29. The third-order valence-corrected chi connectivity index (χ3v) is 5.06. The topological polar surface area (TPSA) is 46.2 Å². The highest BCUT2D eigenvalue weighted by molar-refractivity contribution is 8.00. The maximum Gasteiger partial charge on any atom is 0.241 e. The lowest BCUT2D eigenvalue weighted by molar-refractivity contribution is 0.587. The molecule has 1 N–H and O–H groups in total. The Morgan fingerprint density at radius 1 is 1.00 bits per heavy atom. The Morgan fingerprint density at radius 2 is 1.63 bits per heavy atom. The zero-order chi connectivity index (χ0) is 13.7. The zero-order valence-corrected chi connectivity index (χ0v) is 12.2. The number of benzene rings is 2. The Bertz CT molecular complexity index is 622. The van der Waals surface area contributed by atoms with Gasteiger partial charge < -0.3 is 0 Å². The summed E-state index contributed by atoms with van der Waals surface area (Å²) in [6.45, 7) is 1.93. The van der Waals surface area contributed by atoms with E-state index in [0.29, 0.717) is 10.8 Å². The number of hydrogen-bond donors (Lipinski definition) is 1. The normalized spacial score (nSPS) is 11.4. The molecule has 0 fully saturated rings. The van der Waals surface area contributed by atoms with Gasteiger partial charge in [0, 0.05) is 4.90 Å². The first-order valence-electron chi connectivity index (χ1n) is 5.82. The lowest BCUT2D eigenvalue weighted by Gasteiger charge is -2.06. The highest BCUT2D eigenvalue weighted by Crippen LogP contribution is 2.17. The maximum atomic E-state index is 12.0. The van der Waals surface area contributed by atoms with Gasteiger partial charge in [-0.2, -0.15) is 0 Å². The SMILES string of the molecule is Cc1ccc(S(=O)(=O)NCSc2ccccc2)cc1. The molecule has 0 radical (unpaired) electrons. The first kappa shape index (κ1) is 14.1. The quantitative estimate of drug-likeness (QED) is 0.681. The fourth-order valence-corrected chi connectivity index (χ4v) is 3.54. The van der Waals surface area contributed by atoms with Crippen LogP contribution in [-0.2, 0) is 10.0 Å². The summed E-state index contributed by atoms with van der Waals surface area (Å²) in [5.41, 5.74) is 1.04. The Balaban J connectivity index is 1.97. The molecular weight excluding hydrogens is 278 g/mol. The summed E-state index contributed by atoms with van der Waals surface area (Å²) in [4.78, 5) is 1.33. The van der Waals surface area contributed by atoms with Crippen LogP contribution in [0.3, 0.4) is 0 Å². The molecule has 100 valence electrons. The summed E-state index contributed by atoms with van der Waals surface area (Å²) >= 11 is 1.45. The standard InChI is InChI=1S/C14H15NO2S2/c1-12-7-9-14(10-8-12)19(16,17)15-11-18-13-5-3-2-4-6-13/h2-10,15H,11H2,1H3. The van der Waals surface area contributed by atoms with Crippen molar-refractivity contribution in [3.63, 3.8) is 0 Å². The summed E-state index contributed by atoms with van der Waals surface area (Å²) in [5, 5.41) is 0. The molecular formula is C14H15NO2S2. The molecule has 0 aliphatic rings. The predicted molar refractivity (Wildman–Crippen MR) is 78.7 cm³/mol. The number of aryl methyl sites for hydroxylation is 1. The molecule has 0 spiro atoms. The van der Waals surface area contributed by atoms with E-state index in [1.54, 1.807) is 24.3 Å². The molecule has 19 heavy (non-hydrogen) atoms. The Kier molecular flexibility index (Phi) is 4.63. The number of hydrogen-bond acceptors (Lipinski definition) is 3. The third kappa shape index (κ3) is 4.09. The second-order valence-electron chi connectivity index (χ2n) is 4.06. The molecule has 0 aromatic heterocycles. The van der Waals surface area contributed by atoms with Crippen molar-refractivity contribution in [1.29, 1.82) is 0 Å². The molecule has 0 aliphatic heterocycles. The Labute approximate surface area is 118 Å². The average Bonchev–Trinajstić information content (AvgIpc) is 2.40. The minimum absolute atomic E-state index is 0.298. The smallest absolute Gasteiger partial charge is 0.207 e. The molecule has 5 heteroatoms. The van der Waals surface area contributed by atoms with Crippen molar-refractivity contribution < 1.29 is 8.42 Å². The molecule has 0 atom stereocenters. The van der Waals surface area contributed by atoms with Crippen molar-refractivity contribution in [1.82, 2.24) is 4.72 Å². The maximum absolute atomic E-state index is 12.0. The molecule has 0 heterocycles. The van der Waals surface area contributed by atoms with Crippen molar-refractivity contribution in [2.45, 2.75) is 16.7 Å². The molecule has 3 nitrogen and oxygen atoms in total. The molecule has 0 saturated carbocycles. The summed E-state index contributed by atoms with van der Waals surface area (Å²) in [6, 6.07) is 16.5. The number of sulfonamides is 1. The van der Waals surface area contributed by atoms with E-state index in [-0.39, 0.29) is 0 Å². The van der Waals surface area contributed by atoms with Crippen LogP contribution in [0.4, 0.5) is 0 Å². The minimum Gasteiger partial charge on any atom is -0.207 e. The van der Waals surface area contributed by atoms with Gasteiger partial charge in [0.1, 0.15) is 0 Å². The van der Waals surface area contributed by atoms with Crippen molar-refractivity contribution in [2.24, 2.45) is 0 Å². The van der Waals surface area contributed by atoms with E-state index in [2.05, 4.69) is 4.72 Å². The molecule has 0 unspecified atom stereocenters. The van der Waals surface area contributed by atoms with Crippen LogP contribution in [0, 0.1) is 6.92 Å². The van der Waals surface area contributed by atoms with E-state index in [1.807, 2.05) is 37.3 Å². The van der Waals surface area contributed by atoms with Crippen molar-refractivity contribution >= 4 is 21.8 Å². The highest BCUT2D eigenvalue weighted by atomic mass is 32.2. The largest absolute Gasteiger partial charge is 0.241 e. The fraction of sp³-hybridized carbons (Fsp3) is 0.143. The molecule has 2 aromatic rings. The predicted octanol–water partition coefficient (Wildman–Crippen LogP) is 3.02. The zero-order valence-electron chi connectivity index (χ0n) is 10.5. The van der Waals surface area contributed by atoms with E-state index in [4.69, 9.17) is 0 Å². The van der Waals surface area contributed by atoms with Gasteiger partial charge in [0.25, 0.3) is 0 Å². The number of nitrogens with one attached hydrogen (secondary N) is 1. The monoisotopic (exact) mass is 293 g/mol. The summed E-state index contributed by atoms with van der Waals surface area (Å²) < 4.78 is 26.6. The van der Waals surface area contributed by atoms with Gasteiger partial charge in [0.2, 0.25) is 10.0 Å². The van der Waals surface area contributed by atoms with Gasteiger partial charge in [0.05, 0.1) is 10.8 Å². The molecule has 0 bridgehead atoms. The van der Waals surface area contributed by atoms with E-state index in [9.17, 15) is 8.42 Å². The van der Waals surface area contributed by atoms with Crippen LogP contribution in [0.15, 0.2) is 64.4 Å². The lowest BCUT2D eigenvalue weighted by Crippen LogP contribution is -2.23. The van der Waals surface area contributed by atoms with Gasteiger partial charge in [0.15, 0.2) is 0 Å². The van der Waals surface area contributed by atoms with Crippen LogP contribution in [-0.4, -0.2) is 14.3 Å².